The average molecular weight is 220 g/mol. The van der Waals surface area contributed by atoms with Crippen molar-refractivity contribution in [3.8, 4) is 6.07 Å². The van der Waals surface area contributed by atoms with Gasteiger partial charge in [0, 0.05) is 6.92 Å². The van der Waals surface area contributed by atoms with Crippen molar-refractivity contribution in [2.24, 2.45) is 0 Å². The number of nitrogens with zero attached hydrogens (tertiary/aromatic N) is 1. The van der Waals surface area contributed by atoms with Crippen LogP contribution in [0.3, 0.4) is 0 Å². The Bertz CT molecular complexity index is 164. The lowest BCUT2D eigenvalue weighted by Gasteiger charge is -2.01. The Morgan fingerprint density at radius 1 is 1.82 bits per heavy atom. The second-order valence-corrected chi connectivity index (χ2v) is 3.18. The molecule has 0 fully saturated rings. The molecule has 1 unspecified atom stereocenters. The molecule has 0 aromatic carbocycles. The zero-order valence-corrected chi connectivity index (χ0v) is 7.93. The van der Waals surface area contributed by atoms with Crippen LogP contribution in [0.5, 0.6) is 0 Å². The van der Waals surface area contributed by atoms with Gasteiger partial charge in [0.15, 0.2) is 0 Å². The van der Waals surface area contributed by atoms with E-state index in [9.17, 15) is 4.79 Å². The lowest BCUT2D eigenvalue weighted by atomic mass is 10.2. The first-order valence-corrected chi connectivity index (χ1v) is 4.25. The van der Waals surface area contributed by atoms with Gasteiger partial charge in [-0.15, -0.1) is 0 Å². The SMILES string of the molecule is CC(=O)OCCCC(Br)C#N. The molecule has 0 aromatic heterocycles. The van der Waals surface area contributed by atoms with Crippen LogP contribution >= 0.6 is 15.9 Å². The molecule has 4 heteroatoms. The van der Waals surface area contributed by atoms with Crippen molar-refractivity contribution >= 4 is 21.9 Å². The first-order valence-electron chi connectivity index (χ1n) is 3.34. The van der Waals surface area contributed by atoms with Gasteiger partial charge in [0.25, 0.3) is 0 Å². The summed E-state index contributed by atoms with van der Waals surface area (Å²) in [5, 5.41) is 8.34. The topological polar surface area (TPSA) is 50.1 Å². The van der Waals surface area contributed by atoms with Crippen LogP contribution in [0.4, 0.5) is 0 Å². The van der Waals surface area contributed by atoms with Crippen LogP contribution in [-0.4, -0.2) is 17.4 Å². The summed E-state index contributed by atoms with van der Waals surface area (Å²) >= 11 is 3.14. The summed E-state index contributed by atoms with van der Waals surface area (Å²) in [7, 11) is 0. The number of nitriles is 1. The van der Waals surface area contributed by atoms with Gasteiger partial charge in [-0.1, -0.05) is 15.9 Å². The number of carbonyl (C=O) groups excluding carboxylic acids is 1. The van der Waals surface area contributed by atoms with Gasteiger partial charge in [-0.3, -0.25) is 4.79 Å². The molecule has 0 saturated heterocycles. The van der Waals surface area contributed by atoms with Crippen LogP contribution in [0, 0.1) is 11.3 Å². The van der Waals surface area contributed by atoms with Crippen molar-refractivity contribution in [1.82, 2.24) is 0 Å². The van der Waals surface area contributed by atoms with Crippen molar-refractivity contribution in [3.05, 3.63) is 0 Å². The van der Waals surface area contributed by atoms with Crippen LogP contribution in [0.25, 0.3) is 0 Å². The Balaban J connectivity index is 3.16. The molecule has 0 saturated carbocycles. The molecule has 0 heterocycles. The lowest BCUT2D eigenvalue weighted by Crippen LogP contribution is -2.02. The molecule has 0 amide bonds. The number of carbonyl (C=O) groups is 1. The minimum atomic E-state index is -0.270. The molecule has 0 aromatic rings. The fourth-order valence-electron chi connectivity index (χ4n) is 0.543. The van der Waals surface area contributed by atoms with Crippen molar-refractivity contribution in [3.63, 3.8) is 0 Å². The summed E-state index contributed by atoms with van der Waals surface area (Å²) in [6, 6.07) is 2.03. The molecule has 0 radical (unpaired) electrons. The molecule has 3 nitrogen and oxygen atoms in total. The van der Waals surface area contributed by atoms with Gasteiger partial charge in [0.1, 0.15) is 4.83 Å². The normalized spacial score (nSPS) is 11.7. The molecular formula is C7H10BrNO2. The van der Waals surface area contributed by atoms with E-state index in [1.54, 1.807) is 0 Å². The fraction of sp³-hybridized carbons (Fsp3) is 0.714. The maximum Gasteiger partial charge on any atom is 0.302 e. The third-order valence-corrected chi connectivity index (χ3v) is 1.71. The van der Waals surface area contributed by atoms with E-state index in [-0.39, 0.29) is 10.8 Å². The van der Waals surface area contributed by atoms with Crippen LogP contribution in [0.15, 0.2) is 0 Å². The number of esters is 1. The zero-order valence-electron chi connectivity index (χ0n) is 6.34. The van der Waals surface area contributed by atoms with Gasteiger partial charge in [0.2, 0.25) is 0 Å². The standard InChI is InChI=1S/C7H10BrNO2/c1-6(10)11-4-2-3-7(8)5-9/h7H,2-4H2,1H3. The number of alkyl halides is 1. The second kappa shape index (κ2) is 6.17. The number of hydrogen-bond acceptors (Lipinski definition) is 3. The Hall–Kier alpha value is -0.560. The van der Waals surface area contributed by atoms with E-state index >= 15 is 0 Å². The van der Waals surface area contributed by atoms with Gasteiger partial charge in [-0.05, 0) is 12.8 Å². The number of hydrogen-bond donors (Lipinski definition) is 0. The summed E-state index contributed by atoms with van der Waals surface area (Å²) in [4.78, 5) is 10.1. The highest BCUT2D eigenvalue weighted by Crippen LogP contribution is 2.05. The molecule has 62 valence electrons. The molecule has 0 bridgehead atoms. The highest BCUT2D eigenvalue weighted by Gasteiger charge is 2.00. The molecule has 0 N–H and O–H groups in total. The van der Waals surface area contributed by atoms with E-state index in [0.29, 0.717) is 13.0 Å². The Labute approximate surface area is 74.5 Å². The van der Waals surface area contributed by atoms with Crippen LogP contribution < -0.4 is 0 Å². The van der Waals surface area contributed by atoms with Gasteiger partial charge in [-0.2, -0.15) is 5.26 Å². The zero-order chi connectivity index (χ0) is 8.69. The predicted octanol–water partition coefficient (Wildman–Crippen LogP) is 1.62. The third-order valence-electron chi connectivity index (χ3n) is 1.05. The average Bonchev–Trinajstić information content (AvgIpc) is 1.97. The molecule has 0 aliphatic heterocycles. The quantitative estimate of drug-likeness (QED) is 0.411. The summed E-state index contributed by atoms with van der Waals surface area (Å²) in [6.07, 6.45) is 1.44. The Kier molecular flexibility index (Phi) is 5.86. The summed E-state index contributed by atoms with van der Waals surface area (Å²) in [5.74, 6) is -0.270. The van der Waals surface area contributed by atoms with Crippen LogP contribution in [0.2, 0.25) is 0 Å². The Morgan fingerprint density at radius 2 is 2.45 bits per heavy atom. The summed E-state index contributed by atoms with van der Waals surface area (Å²) in [6.45, 7) is 1.77. The minimum absolute atomic E-state index is 0.127. The first-order chi connectivity index (χ1) is 5.16. The van der Waals surface area contributed by atoms with Gasteiger partial charge < -0.3 is 4.74 Å². The monoisotopic (exact) mass is 219 g/mol. The highest BCUT2D eigenvalue weighted by atomic mass is 79.9. The number of rotatable bonds is 4. The van der Waals surface area contributed by atoms with Crippen LogP contribution in [0.1, 0.15) is 19.8 Å². The van der Waals surface area contributed by atoms with E-state index < -0.39 is 0 Å². The van der Waals surface area contributed by atoms with Crippen LogP contribution in [-0.2, 0) is 9.53 Å². The molecule has 0 spiro atoms. The molecular weight excluding hydrogens is 210 g/mol. The largest absolute Gasteiger partial charge is 0.466 e. The summed E-state index contributed by atoms with van der Waals surface area (Å²) in [5.41, 5.74) is 0. The second-order valence-electron chi connectivity index (χ2n) is 2.08. The van der Waals surface area contributed by atoms with Crippen molar-refractivity contribution in [2.75, 3.05) is 6.61 Å². The van der Waals surface area contributed by atoms with Gasteiger partial charge in [0.05, 0.1) is 12.7 Å². The van der Waals surface area contributed by atoms with E-state index in [1.807, 2.05) is 6.07 Å². The lowest BCUT2D eigenvalue weighted by molar-refractivity contribution is -0.141. The fourth-order valence-corrected chi connectivity index (χ4v) is 0.867. The van der Waals surface area contributed by atoms with E-state index in [0.717, 1.165) is 6.42 Å². The van der Waals surface area contributed by atoms with Gasteiger partial charge in [-0.25, -0.2) is 0 Å². The number of ether oxygens (including phenoxy) is 1. The first kappa shape index (κ1) is 10.4. The highest BCUT2D eigenvalue weighted by molar-refractivity contribution is 9.09. The number of halogens is 1. The van der Waals surface area contributed by atoms with E-state index in [2.05, 4.69) is 20.7 Å². The van der Waals surface area contributed by atoms with Crippen molar-refractivity contribution < 1.29 is 9.53 Å². The maximum absolute atomic E-state index is 10.3. The third kappa shape index (κ3) is 7.34. The molecule has 0 aliphatic rings. The molecule has 11 heavy (non-hydrogen) atoms. The predicted molar refractivity (Wildman–Crippen MR) is 44.2 cm³/mol. The van der Waals surface area contributed by atoms with Gasteiger partial charge >= 0.3 is 5.97 Å². The smallest absolute Gasteiger partial charge is 0.302 e. The molecule has 0 rings (SSSR count). The van der Waals surface area contributed by atoms with Crippen molar-refractivity contribution in [2.45, 2.75) is 24.6 Å². The van der Waals surface area contributed by atoms with E-state index in [4.69, 9.17) is 5.26 Å². The van der Waals surface area contributed by atoms with Crippen molar-refractivity contribution in [1.29, 1.82) is 5.26 Å². The summed E-state index contributed by atoms with van der Waals surface area (Å²) < 4.78 is 4.67. The van der Waals surface area contributed by atoms with E-state index in [1.165, 1.54) is 6.92 Å². The maximum atomic E-state index is 10.3. The minimum Gasteiger partial charge on any atom is -0.466 e. The Morgan fingerprint density at radius 3 is 2.91 bits per heavy atom. The molecule has 1 atom stereocenters. The molecule has 0 aliphatic carbocycles.